The average Bonchev–Trinajstić information content (AvgIpc) is 2.53. The molecule has 0 heterocycles. The van der Waals surface area contributed by atoms with E-state index < -0.39 is 0 Å². The maximum atomic E-state index is 12.1. The van der Waals surface area contributed by atoms with Crippen LogP contribution in [0, 0.1) is 11.8 Å². The van der Waals surface area contributed by atoms with Crippen LogP contribution in [0.2, 0.25) is 5.02 Å². The second-order valence-electron chi connectivity index (χ2n) is 6.15. The van der Waals surface area contributed by atoms with Crippen molar-refractivity contribution in [2.75, 3.05) is 0 Å². The number of hydrogen-bond donors (Lipinski definition) is 1. The molecule has 3 rings (SSSR count). The van der Waals surface area contributed by atoms with Gasteiger partial charge in [-0.05, 0) is 49.7 Å². The number of hydrogen-bond acceptors (Lipinski definition) is 2. The highest BCUT2D eigenvalue weighted by molar-refractivity contribution is 6.33. The number of rotatable bonds is 2. The van der Waals surface area contributed by atoms with Crippen LogP contribution in [0.4, 0.5) is 0 Å². The van der Waals surface area contributed by atoms with Crippen LogP contribution >= 0.6 is 11.6 Å². The molecule has 0 unspecified atom stereocenters. The Morgan fingerprint density at radius 1 is 1.14 bits per heavy atom. The van der Waals surface area contributed by atoms with E-state index in [1.54, 1.807) is 18.2 Å². The van der Waals surface area contributed by atoms with Gasteiger partial charge < -0.3 is 0 Å². The first-order valence-electron chi connectivity index (χ1n) is 7.84. The molecule has 0 aliphatic heterocycles. The summed E-state index contributed by atoms with van der Waals surface area (Å²) in [6.07, 6.45) is 8.73. The SMILES string of the molecule is O=C(N/N=C1/CC[C@@H]2CCCC[C@@H]2C1)c1ccccc1Cl. The van der Waals surface area contributed by atoms with E-state index in [4.69, 9.17) is 11.6 Å². The maximum absolute atomic E-state index is 12.1. The van der Waals surface area contributed by atoms with Gasteiger partial charge in [0.2, 0.25) is 0 Å². The van der Waals surface area contributed by atoms with Gasteiger partial charge in [0, 0.05) is 5.71 Å². The number of carbonyl (C=O) groups is 1. The van der Waals surface area contributed by atoms with Crippen molar-refractivity contribution in [1.82, 2.24) is 5.43 Å². The summed E-state index contributed by atoms with van der Waals surface area (Å²) >= 11 is 6.02. The summed E-state index contributed by atoms with van der Waals surface area (Å²) in [6.45, 7) is 0. The molecular weight excluding hydrogens is 284 g/mol. The number of amides is 1. The largest absolute Gasteiger partial charge is 0.272 e. The third-order valence-corrected chi connectivity index (χ3v) is 5.13. The van der Waals surface area contributed by atoms with Gasteiger partial charge in [0.25, 0.3) is 5.91 Å². The molecule has 1 N–H and O–H groups in total. The summed E-state index contributed by atoms with van der Waals surface area (Å²) in [5.74, 6) is 1.44. The third-order valence-electron chi connectivity index (χ3n) is 4.80. The van der Waals surface area contributed by atoms with Crippen LogP contribution < -0.4 is 5.43 Å². The van der Waals surface area contributed by atoms with Gasteiger partial charge in [-0.25, -0.2) is 5.43 Å². The van der Waals surface area contributed by atoms with Crippen LogP contribution in [-0.2, 0) is 0 Å². The Morgan fingerprint density at radius 3 is 2.71 bits per heavy atom. The van der Waals surface area contributed by atoms with Crippen molar-refractivity contribution in [3.8, 4) is 0 Å². The Hall–Kier alpha value is -1.35. The molecular formula is C17H21ClN2O. The summed E-state index contributed by atoms with van der Waals surface area (Å²) < 4.78 is 0. The van der Waals surface area contributed by atoms with Gasteiger partial charge in [-0.2, -0.15) is 5.10 Å². The fourth-order valence-electron chi connectivity index (χ4n) is 3.63. The molecule has 1 aromatic carbocycles. The summed E-state index contributed by atoms with van der Waals surface area (Å²) in [4.78, 5) is 12.1. The smallest absolute Gasteiger partial charge is 0.267 e. The van der Waals surface area contributed by atoms with Crippen LogP contribution in [0.5, 0.6) is 0 Å². The highest BCUT2D eigenvalue weighted by Gasteiger charge is 2.30. The van der Waals surface area contributed by atoms with Crippen molar-refractivity contribution in [1.29, 1.82) is 0 Å². The lowest BCUT2D eigenvalue weighted by Crippen LogP contribution is -2.29. The first-order valence-corrected chi connectivity index (χ1v) is 8.22. The predicted octanol–water partition coefficient (Wildman–Crippen LogP) is 4.42. The van der Waals surface area contributed by atoms with E-state index in [1.807, 2.05) is 6.07 Å². The fraction of sp³-hybridized carbons (Fsp3) is 0.529. The topological polar surface area (TPSA) is 41.5 Å². The molecule has 3 nitrogen and oxygen atoms in total. The molecule has 0 aromatic heterocycles. The van der Waals surface area contributed by atoms with Gasteiger partial charge in [0.05, 0.1) is 10.6 Å². The monoisotopic (exact) mass is 304 g/mol. The maximum Gasteiger partial charge on any atom is 0.272 e. The van der Waals surface area contributed by atoms with E-state index in [-0.39, 0.29) is 5.91 Å². The minimum Gasteiger partial charge on any atom is -0.267 e. The Kier molecular flexibility index (Phi) is 4.59. The number of hydrazone groups is 1. The van der Waals surface area contributed by atoms with E-state index in [0.29, 0.717) is 10.6 Å². The zero-order chi connectivity index (χ0) is 14.7. The number of nitrogens with zero attached hydrogens (tertiary/aromatic N) is 1. The molecule has 0 saturated heterocycles. The zero-order valence-corrected chi connectivity index (χ0v) is 12.9. The molecule has 2 saturated carbocycles. The first kappa shape index (κ1) is 14.6. The number of benzene rings is 1. The quantitative estimate of drug-likeness (QED) is 0.808. The Morgan fingerprint density at radius 2 is 1.90 bits per heavy atom. The van der Waals surface area contributed by atoms with Gasteiger partial charge >= 0.3 is 0 Å². The molecule has 4 heteroatoms. The zero-order valence-electron chi connectivity index (χ0n) is 12.1. The van der Waals surface area contributed by atoms with E-state index in [2.05, 4.69) is 10.5 Å². The molecule has 112 valence electrons. The van der Waals surface area contributed by atoms with Gasteiger partial charge in [0.1, 0.15) is 0 Å². The molecule has 2 aliphatic carbocycles. The highest BCUT2D eigenvalue weighted by Crippen LogP contribution is 2.39. The Labute approximate surface area is 130 Å². The summed E-state index contributed by atoms with van der Waals surface area (Å²) in [5.41, 5.74) is 4.29. The second-order valence-corrected chi connectivity index (χ2v) is 6.55. The highest BCUT2D eigenvalue weighted by atomic mass is 35.5. The van der Waals surface area contributed by atoms with E-state index in [9.17, 15) is 4.79 Å². The minimum atomic E-state index is -0.223. The first-order chi connectivity index (χ1) is 10.2. The van der Waals surface area contributed by atoms with Gasteiger partial charge in [0.15, 0.2) is 0 Å². The lowest BCUT2D eigenvalue weighted by molar-refractivity contribution is 0.0954. The molecule has 21 heavy (non-hydrogen) atoms. The van der Waals surface area contributed by atoms with Crippen molar-refractivity contribution in [3.63, 3.8) is 0 Å². The number of nitrogens with one attached hydrogen (secondary N) is 1. The molecule has 2 fully saturated rings. The summed E-state index contributed by atoms with van der Waals surface area (Å²) in [6, 6.07) is 7.06. The van der Waals surface area contributed by atoms with Crippen molar-refractivity contribution in [3.05, 3.63) is 34.9 Å². The lowest BCUT2D eigenvalue weighted by Gasteiger charge is -2.35. The van der Waals surface area contributed by atoms with Gasteiger partial charge in [-0.3, -0.25) is 4.79 Å². The van der Waals surface area contributed by atoms with Crippen LogP contribution in [0.15, 0.2) is 29.4 Å². The van der Waals surface area contributed by atoms with Crippen LogP contribution in [-0.4, -0.2) is 11.6 Å². The third kappa shape index (κ3) is 3.46. The van der Waals surface area contributed by atoms with Crippen molar-refractivity contribution < 1.29 is 4.79 Å². The minimum absolute atomic E-state index is 0.223. The molecule has 0 bridgehead atoms. The van der Waals surface area contributed by atoms with E-state index in [0.717, 1.165) is 30.4 Å². The number of halogens is 1. The summed E-state index contributed by atoms with van der Waals surface area (Å²) in [5, 5.41) is 4.81. The molecule has 2 aliphatic rings. The average molecular weight is 305 g/mol. The van der Waals surface area contributed by atoms with Crippen LogP contribution in [0.1, 0.15) is 55.3 Å². The molecule has 2 atom stereocenters. The summed E-state index contributed by atoms with van der Waals surface area (Å²) in [7, 11) is 0. The van der Waals surface area contributed by atoms with Gasteiger partial charge in [-0.1, -0.05) is 43.0 Å². The molecule has 1 amide bonds. The number of carbonyl (C=O) groups excluding carboxylic acids is 1. The number of fused-ring (bicyclic) bond motifs is 1. The van der Waals surface area contributed by atoms with E-state index in [1.165, 1.54) is 32.1 Å². The van der Waals surface area contributed by atoms with Crippen LogP contribution in [0.25, 0.3) is 0 Å². The second kappa shape index (κ2) is 6.61. The Balaban J connectivity index is 1.61. The standard InChI is InChI=1S/C17H21ClN2O/c18-16-8-4-3-7-15(16)17(21)20-19-14-10-9-12-5-1-2-6-13(12)11-14/h3-4,7-8,12-13H,1-2,5-6,9-11H2,(H,20,21)/b19-14-/t12-,13+/m0/s1. The van der Waals surface area contributed by atoms with Crippen molar-refractivity contribution in [2.45, 2.75) is 44.9 Å². The van der Waals surface area contributed by atoms with Crippen molar-refractivity contribution >= 4 is 23.2 Å². The predicted molar refractivity (Wildman–Crippen MR) is 85.7 cm³/mol. The molecule has 1 aromatic rings. The van der Waals surface area contributed by atoms with Crippen LogP contribution in [0.3, 0.4) is 0 Å². The van der Waals surface area contributed by atoms with Gasteiger partial charge in [-0.15, -0.1) is 0 Å². The van der Waals surface area contributed by atoms with Crippen molar-refractivity contribution in [2.24, 2.45) is 16.9 Å². The molecule has 0 radical (unpaired) electrons. The van der Waals surface area contributed by atoms with E-state index >= 15 is 0 Å². The Bertz CT molecular complexity index is 555. The molecule has 0 spiro atoms. The lowest BCUT2D eigenvalue weighted by atomic mass is 9.70. The normalized spacial score (nSPS) is 27.2. The fourth-order valence-corrected chi connectivity index (χ4v) is 3.85.